The zero-order valence-corrected chi connectivity index (χ0v) is 37.5. The van der Waals surface area contributed by atoms with Gasteiger partial charge in [-0.2, -0.15) is 0 Å². The molecule has 0 aliphatic rings. The van der Waals surface area contributed by atoms with Crippen LogP contribution in [0, 0.1) is 0 Å². The van der Waals surface area contributed by atoms with E-state index in [1.54, 1.807) is 0 Å². The predicted molar refractivity (Wildman–Crippen MR) is 235 cm³/mol. The van der Waals surface area contributed by atoms with E-state index in [-0.39, 0.29) is 102 Å². The van der Waals surface area contributed by atoms with Gasteiger partial charge in [0.15, 0.2) is 5.62 Å². The van der Waals surface area contributed by atoms with Crippen LogP contribution in [0.2, 0.25) is 0 Å². The van der Waals surface area contributed by atoms with Crippen molar-refractivity contribution in [3.63, 3.8) is 0 Å². The summed E-state index contributed by atoms with van der Waals surface area (Å²) in [6, 6.07) is -0.806. The van der Waals surface area contributed by atoms with Crippen LogP contribution in [-0.4, -0.2) is 136 Å². The fourth-order valence-electron chi connectivity index (χ4n) is 5.48. The number of aliphatic carboxylic acids is 2. The molecule has 0 heterocycles. The summed E-state index contributed by atoms with van der Waals surface area (Å²) in [6.07, 6.45) is 15.6. The van der Waals surface area contributed by atoms with E-state index < -0.39 is 18.0 Å². The quantitative estimate of drug-likeness (QED) is 0.0242. The van der Waals surface area contributed by atoms with Crippen molar-refractivity contribution < 1.29 is 62.7 Å². The fourth-order valence-corrected chi connectivity index (χ4v) is 5.61. The number of nitrogens with one attached hydrogen (secondary N) is 5. The Kier molecular flexibility index (Phi) is 44.8. The van der Waals surface area contributed by atoms with E-state index in [0.717, 1.165) is 70.6 Å². The zero-order chi connectivity index (χ0) is 44.9. The summed E-state index contributed by atoms with van der Waals surface area (Å²) in [5.74, 6) is -3.07. The molecule has 20 heteroatoms. The molecule has 7 N–H and O–H groups in total. The van der Waals surface area contributed by atoms with E-state index in [1.807, 2.05) is 6.92 Å². The number of carboxylic acid groups (broad SMARTS) is 2. The number of carbonyl (C=O) groups excluding carboxylic acids is 5. The molecule has 0 fully saturated rings. The second kappa shape index (κ2) is 45.5. The van der Waals surface area contributed by atoms with Gasteiger partial charge in [0.05, 0.1) is 39.6 Å². The van der Waals surface area contributed by atoms with Crippen LogP contribution in [-0.2, 0) is 52.5 Å². The maximum Gasteiger partial charge on any atom is 0.326 e. The van der Waals surface area contributed by atoms with Gasteiger partial charge in [-0.25, -0.2) is 4.79 Å². The largest absolute Gasteiger partial charge is 0.481 e. The molecule has 0 saturated heterocycles. The first-order valence-electron chi connectivity index (χ1n) is 21.3. The molecule has 2 unspecified atom stereocenters. The van der Waals surface area contributed by atoms with Gasteiger partial charge in [0.25, 0.3) is 0 Å². The van der Waals surface area contributed by atoms with Crippen LogP contribution >= 0.6 is 25.4 Å². The van der Waals surface area contributed by atoms with Gasteiger partial charge in [0, 0.05) is 44.9 Å². The lowest BCUT2D eigenvalue weighted by atomic mass is 10.0. The Morgan fingerprint density at radius 2 is 0.967 bits per heavy atom. The first-order valence-corrected chi connectivity index (χ1v) is 22.3. The molecule has 18 nitrogen and oxygen atoms in total. The average Bonchev–Trinajstić information content (AvgIpc) is 3.21. The van der Waals surface area contributed by atoms with E-state index in [1.165, 1.54) is 19.3 Å². The van der Waals surface area contributed by atoms with Crippen molar-refractivity contribution in [3.05, 3.63) is 0 Å². The SMILES string of the molecule is CC(CCCCNC(=O)COCCOCCNC(=O)COCCOCCNC(=O)CCC(NC(=O)CCCCCCCCCCCCCCC(=O)O)C(=O)O)NS.O=CS. The molecule has 0 aromatic rings. The molecule has 0 rings (SSSR count). The highest BCUT2D eigenvalue weighted by atomic mass is 32.1. The van der Waals surface area contributed by atoms with Crippen LogP contribution < -0.4 is 26.0 Å². The summed E-state index contributed by atoms with van der Waals surface area (Å²) < 4.78 is 24.2. The summed E-state index contributed by atoms with van der Waals surface area (Å²) >= 11 is 7.13. The molecule has 0 aliphatic carbocycles. The predicted octanol–water partition coefficient (Wildman–Crippen LogP) is 3.40. The molecule has 0 spiro atoms. The van der Waals surface area contributed by atoms with E-state index in [0.29, 0.717) is 37.8 Å². The summed E-state index contributed by atoms with van der Waals surface area (Å²) in [7, 11) is 0. The normalized spacial score (nSPS) is 11.7. The van der Waals surface area contributed by atoms with E-state index in [9.17, 15) is 33.9 Å². The van der Waals surface area contributed by atoms with Gasteiger partial charge in [-0.05, 0) is 39.0 Å². The Bertz CT molecular complexity index is 1130. The Morgan fingerprint density at radius 1 is 0.533 bits per heavy atom. The number of rotatable bonds is 42. The first kappa shape index (κ1) is 59.1. The third-order valence-electron chi connectivity index (χ3n) is 8.79. The van der Waals surface area contributed by atoms with Crippen LogP contribution in [0.4, 0.5) is 0 Å². The molecule has 4 amide bonds. The third kappa shape index (κ3) is 46.1. The van der Waals surface area contributed by atoms with Crippen molar-refractivity contribution in [1.82, 2.24) is 26.0 Å². The van der Waals surface area contributed by atoms with Gasteiger partial charge >= 0.3 is 11.9 Å². The minimum Gasteiger partial charge on any atom is -0.481 e. The van der Waals surface area contributed by atoms with Crippen LogP contribution in [0.15, 0.2) is 0 Å². The van der Waals surface area contributed by atoms with Crippen molar-refractivity contribution in [1.29, 1.82) is 0 Å². The highest BCUT2D eigenvalue weighted by molar-refractivity contribution is 7.94. The van der Waals surface area contributed by atoms with Gasteiger partial charge in [0.2, 0.25) is 23.6 Å². The number of amides is 4. The summed E-state index contributed by atoms with van der Waals surface area (Å²) in [5.41, 5.74) is 0.444. The Hall–Kier alpha value is -3.01. The molecule has 0 saturated carbocycles. The number of hydrogen-bond donors (Lipinski definition) is 9. The van der Waals surface area contributed by atoms with Crippen molar-refractivity contribution in [2.75, 3.05) is 72.5 Å². The Balaban J connectivity index is 0. The van der Waals surface area contributed by atoms with E-state index in [4.69, 9.17) is 28.8 Å². The zero-order valence-electron chi connectivity index (χ0n) is 35.7. The standard InChI is InChI=1S/C39H73N5O12S.CH2OS/c1-32(44-57)16-14-15-21-40-36(47)30-55-28-27-54-25-23-42-37(48)31-56-29-26-53-24-22-41-34(45)20-19-33(39(51)52)43-35(46)17-12-10-8-6-4-2-3-5-7-9-11-13-18-38(49)50;2-1-3/h32-33,44,57H,2-31H2,1H3,(H,40,47)(H,41,45)(H,42,48)(H,43,46)(H,49,50)(H,51,52);1H,(H,2,3). The highest BCUT2D eigenvalue weighted by Crippen LogP contribution is 2.13. The summed E-state index contributed by atoms with van der Waals surface area (Å²) in [5, 5.41) is 28.8. The molecule has 0 aromatic heterocycles. The van der Waals surface area contributed by atoms with Crippen LogP contribution in [0.1, 0.15) is 129 Å². The van der Waals surface area contributed by atoms with Gasteiger partial charge in [-0.1, -0.05) is 83.4 Å². The van der Waals surface area contributed by atoms with E-state index in [2.05, 4.69) is 51.4 Å². The van der Waals surface area contributed by atoms with E-state index >= 15 is 0 Å². The van der Waals surface area contributed by atoms with Gasteiger partial charge in [-0.3, -0.25) is 33.5 Å². The lowest BCUT2D eigenvalue weighted by molar-refractivity contribution is -0.142. The molecule has 0 aromatic carbocycles. The first-order chi connectivity index (χ1) is 29.0. The third-order valence-corrected chi connectivity index (χ3v) is 9.23. The number of ether oxygens (including phenoxy) is 4. The lowest BCUT2D eigenvalue weighted by Gasteiger charge is -2.14. The monoisotopic (exact) mass is 897 g/mol. The maximum atomic E-state index is 12.3. The Morgan fingerprint density at radius 3 is 1.43 bits per heavy atom. The van der Waals surface area contributed by atoms with Gasteiger partial charge in [-0.15, -0.1) is 12.6 Å². The van der Waals surface area contributed by atoms with Gasteiger partial charge in [0.1, 0.15) is 19.3 Å². The fraction of sp³-hybridized carbons (Fsp3) is 0.825. The number of unbranched alkanes of at least 4 members (excludes halogenated alkanes) is 12. The Labute approximate surface area is 367 Å². The molecule has 0 aliphatic heterocycles. The lowest BCUT2D eigenvalue weighted by Crippen LogP contribution is -2.41. The second-order valence-corrected chi connectivity index (χ2v) is 14.6. The molecule has 60 heavy (non-hydrogen) atoms. The minimum absolute atomic E-state index is 0.0249. The number of carboxylic acids is 2. The smallest absolute Gasteiger partial charge is 0.326 e. The topological polar surface area (TPSA) is 257 Å². The van der Waals surface area contributed by atoms with Crippen molar-refractivity contribution in [2.45, 2.75) is 141 Å². The second-order valence-electron chi connectivity index (χ2n) is 14.1. The number of thiol groups is 2. The highest BCUT2D eigenvalue weighted by Gasteiger charge is 2.20. The number of carbonyl (C=O) groups is 7. The molecule has 350 valence electrons. The van der Waals surface area contributed by atoms with Crippen molar-refractivity contribution in [2.24, 2.45) is 0 Å². The van der Waals surface area contributed by atoms with Crippen LogP contribution in [0.5, 0.6) is 0 Å². The molecular formula is C40H75N5O13S2. The van der Waals surface area contributed by atoms with Crippen molar-refractivity contribution in [3.8, 4) is 0 Å². The average molecular weight is 898 g/mol. The summed E-state index contributed by atoms with van der Waals surface area (Å²) in [4.78, 5) is 78.9. The van der Waals surface area contributed by atoms with Gasteiger partial charge < -0.3 is 50.4 Å². The molecule has 0 radical (unpaired) electrons. The van der Waals surface area contributed by atoms with Crippen LogP contribution in [0.3, 0.4) is 0 Å². The van der Waals surface area contributed by atoms with Crippen LogP contribution in [0.25, 0.3) is 0 Å². The summed E-state index contributed by atoms with van der Waals surface area (Å²) in [6.45, 7) is 4.42. The molecule has 2 atom stereocenters. The van der Waals surface area contributed by atoms with Crippen molar-refractivity contribution >= 4 is 66.6 Å². The maximum absolute atomic E-state index is 12.3. The number of hydrogen-bond acceptors (Lipinski definition) is 13. The molecule has 0 bridgehead atoms. The molecular weight excluding hydrogens is 823 g/mol. The minimum atomic E-state index is -1.18.